The predicted molar refractivity (Wildman–Crippen MR) is 67.2 cm³/mol. The summed E-state index contributed by atoms with van der Waals surface area (Å²) in [6, 6.07) is 0. The van der Waals surface area contributed by atoms with Crippen molar-refractivity contribution in [3.8, 4) is 0 Å². The van der Waals surface area contributed by atoms with Crippen LogP contribution in [-0.4, -0.2) is 52.4 Å². The number of hydrogen-bond donors (Lipinski definition) is 2. The number of carbonyl (C=O) groups is 1. The van der Waals surface area contributed by atoms with Gasteiger partial charge in [0.05, 0.1) is 20.0 Å². The smallest absolute Gasteiger partial charge is 0.308 e. The minimum Gasteiger partial charge on any atom is -0.469 e. The number of rotatable bonds is 7. The molecule has 1 aliphatic rings. The molecule has 1 aliphatic heterocycles. The van der Waals surface area contributed by atoms with Gasteiger partial charge in [0.15, 0.2) is 12.2 Å². The average Bonchev–Trinajstić information content (AvgIpc) is 2.71. The van der Waals surface area contributed by atoms with Gasteiger partial charge < -0.3 is 19.7 Å². The third kappa shape index (κ3) is 4.55. The van der Waals surface area contributed by atoms with Crippen LogP contribution in [0, 0.1) is 0 Å². The first-order valence-electron chi connectivity index (χ1n) is 6.71. The number of ether oxygens (including phenoxy) is 2. The Labute approximate surface area is 108 Å². The minimum atomic E-state index is -0.844. The first-order valence-corrected chi connectivity index (χ1v) is 6.71. The van der Waals surface area contributed by atoms with Crippen molar-refractivity contribution < 1.29 is 24.5 Å². The van der Waals surface area contributed by atoms with Crippen LogP contribution in [0.5, 0.6) is 0 Å². The summed E-state index contributed by atoms with van der Waals surface area (Å²) in [7, 11) is 1.29. The molecular formula is C13H25O5+. The van der Waals surface area contributed by atoms with E-state index in [0.717, 1.165) is 25.7 Å². The number of unbranched alkanes of at least 4 members (excludes halogenated alkanes) is 2. The van der Waals surface area contributed by atoms with Gasteiger partial charge in [0.1, 0.15) is 12.2 Å². The maximum Gasteiger partial charge on any atom is 0.308 e. The van der Waals surface area contributed by atoms with Gasteiger partial charge in [-0.25, -0.2) is 0 Å². The third-order valence-electron chi connectivity index (χ3n) is 3.46. The van der Waals surface area contributed by atoms with Crippen LogP contribution in [0.25, 0.3) is 0 Å². The zero-order valence-electron chi connectivity index (χ0n) is 11.2. The Morgan fingerprint density at radius 2 is 2.22 bits per heavy atom. The van der Waals surface area contributed by atoms with Crippen molar-refractivity contribution in [3.63, 3.8) is 0 Å². The van der Waals surface area contributed by atoms with Gasteiger partial charge in [-0.2, -0.15) is 0 Å². The maximum atomic E-state index is 11.1. The van der Waals surface area contributed by atoms with Crippen molar-refractivity contribution in [2.24, 2.45) is 0 Å². The van der Waals surface area contributed by atoms with E-state index in [1.165, 1.54) is 7.11 Å². The van der Waals surface area contributed by atoms with Crippen molar-refractivity contribution in [1.29, 1.82) is 0 Å². The molecule has 0 aromatic heterocycles. The first kappa shape index (κ1) is 15.4. The van der Waals surface area contributed by atoms with Crippen LogP contribution < -0.4 is 0 Å². The van der Waals surface area contributed by atoms with Gasteiger partial charge in [0.2, 0.25) is 0 Å². The van der Waals surface area contributed by atoms with Gasteiger partial charge in [0, 0.05) is 6.42 Å². The van der Waals surface area contributed by atoms with E-state index >= 15 is 0 Å². The Kier molecular flexibility index (Phi) is 6.60. The lowest BCUT2D eigenvalue weighted by atomic mass is 10.0. The Hall–Kier alpha value is -0.650. The highest BCUT2D eigenvalue weighted by molar-refractivity contribution is 5.69. The molecule has 0 saturated carbocycles. The minimum absolute atomic E-state index is 0.0565. The lowest BCUT2D eigenvalue weighted by Crippen LogP contribution is -2.32. The molecule has 0 aromatic rings. The van der Waals surface area contributed by atoms with E-state index in [4.69, 9.17) is 0 Å². The predicted octanol–water partition coefficient (Wildman–Crippen LogP) is 0.520. The van der Waals surface area contributed by atoms with E-state index in [2.05, 4.69) is 16.4 Å². The monoisotopic (exact) mass is 261 g/mol. The summed E-state index contributed by atoms with van der Waals surface area (Å²) >= 11 is 0. The number of aliphatic hydroxyl groups is 4. The van der Waals surface area contributed by atoms with E-state index in [9.17, 15) is 15.0 Å². The Balaban J connectivity index is 2.35. The summed E-state index contributed by atoms with van der Waals surface area (Å²) in [5.41, 5.74) is 0. The highest BCUT2D eigenvalue weighted by atomic mass is 16.5. The van der Waals surface area contributed by atoms with Crippen molar-refractivity contribution in [2.75, 3.05) is 7.11 Å². The molecule has 4 atom stereocenters. The maximum absolute atomic E-state index is 11.1. The molecule has 106 valence electrons. The Bertz CT molecular complexity index is 256. The second-order valence-corrected chi connectivity index (χ2v) is 4.93. The van der Waals surface area contributed by atoms with Gasteiger partial charge in [-0.1, -0.05) is 19.8 Å². The van der Waals surface area contributed by atoms with Crippen molar-refractivity contribution >= 4 is 5.97 Å². The zero-order valence-corrected chi connectivity index (χ0v) is 11.2. The van der Waals surface area contributed by atoms with Gasteiger partial charge in [0.25, 0.3) is 0 Å². The summed E-state index contributed by atoms with van der Waals surface area (Å²) in [6.07, 6.45) is 2.79. The lowest BCUT2D eigenvalue weighted by Gasteiger charge is -2.15. The molecule has 1 unspecified atom stereocenters. The Morgan fingerprint density at radius 1 is 1.50 bits per heavy atom. The van der Waals surface area contributed by atoms with Gasteiger partial charge in [-0.3, -0.25) is 4.79 Å². The van der Waals surface area contributed by atoms with Crippen LogP contribution >= 0.6 is 0 Å². The SMILES string of the molecule is CCCCC[C@@H]1[OH+][C@H](C(O)CC(=O)OC)C[C@@H]1O. The van der Waals surface area contributed by atoms with E-state index in [0.29, 0.717) is 6.42 Å². The first-order chi connectivity index (χ1) is 8.58. The van der Waals surface area contributed by atoms with Gasteiger partial charge in [-0.15, -0.1) is 0 Å². The largest absolute Gasteiger partial charge is 0.469 e. The highest BCUT2D eigenvalue weighted by Gasteiger charge is 2.42. The van der Waals surface area contributed by atoms with Crippen LogP contribution in [0.2, 0.25) is 0 Å². The number of esters is 1. The molecule has 0 amide bonds. The number of carbonyl (C=O) groups excluding carboxylic acids is 1. The molecule has 1 heterocycles. The van der Waals surface area contributed by atoms with Crippen LogP contribution in [0.15, 0.2) is 0 Å². The number of hydrogen-bond acceptors (Lipinski definition) is 4. The molecule has 5 heteroatoms. The fourth-order valence-corrected chi connectivity index (χ4v) is 2.33. The van der Waals surface area contributed by atoms with Gasteiger partial charge >= 0.3 is 5.97 Å². The molecule has 1 fully saturated rings. The second-order valence-electron chi connectivity index (χ2n) is 4.93. The molecule has 18 heavy (non-hydrogen) atoms. The molecule has 3 N–H and O–H groups in total. The fourth-order valence-electron chi connectivity index (χ4n) is 2.33. The summed E-state index contributed by atoms with van der Waals surface area (Å²) in [5, 5.41) is 19.7. The normalized spacial score (nSPS) is 29.2. The lowest BCUT2D eigenvalue weighted by molar-refractivity contribution is -0.175. The molecule has 1 rings (SSSR count). The highest BCUT2D eigenvalue weighted by Crippen LogP contribution is 2.25. The molecule has 0 aromatic carbocycles. The van der Waals surface area contributed by atoms with Crippen LogP contribution in [0.4, 0.5) is 0 Å². The van der Waals surface area contributed by atoms with Crippen LogP contribution in [0.1, 0.15) is 45.4 Å². The molecule has 5 nitrogen and oxygen atoms in total. The standard InChI is InChI=1S/C13H24O5/c1-3-4-5-6-11-9(14)7-12(18-11)10(15)8-13(16)17-2/h9-12,14-15H,3-8H2,1-2H3/p+1/t9-,10?,11-,12-/m0/s1. The van der Waals surface area contributed by atoms with E-state index in [-0.39, 0.29) is 18.6 Å². The van der Waals surface area contributed by atoms with Crippen LogP contribution in [-0.2, 0) is 9.53 Å². The van der Waals surface area contributed by atoms with E-state index < -0.39 is 18.2 Å². The molecule has 0 spiro atoms. The quantitative estimate of drug-likeness (QED) is 0.398. The molecule has 1 saturated heterocycles. The summed E-state index contributed by atoms with van der Waals surface area (Å²) in [5.74, 6) is -0.443. The average molecular weight is 261 g/mol. The Morgan fingerprint density at radius 3 is 2.83 bits per heavy atom. The summed E-state index contributed by atoms with van der Waals surface area (Å²) in [4.78, 5) is 11.1. The summed E-state index contributed by atoms with van der Waals surface area (Å²) in [6.45, 7) is 2.13. The van der Waals surface area contributed by atoms with Crippen LogP contribution in [0.3, 0.4) is 0 Å². The van der Waals surface area contributed by atoms with E-state index in [1.807, 2.05) is 0 Å². The second kappa shape index (κ2) is 7.71. The number of methoxy groups -OCH3 is 1. The van der Waals surface area contributed by atoms with Crippen molar-refractivity contribution in [1.82, 2.24) is 0 Å². The fraction of sp³-hybridized carbons (Fsp3) is 0.923. The topological polar surface area (TPSA) is 79.6 Å². The molecular weight excluding hydrogens is 236 g/mol. The van der Waals surface area contributed by atoms with E-state index in [1.54, 1.807) is 0 Å². The zero-order chi connectivity index (χ0) is 13.5. The molecule has 0 radical (unpaired) electrons. The van der Waals surface area contributed by atoms with Crippen molar-refractivity contribution in [2.45, 2.75) is 69.9 Å². The molecule has 0 aliphatic carbocycles. The third-order valence-corrected chi connectivity index (χ3v) is 3.46. The number of aliphatic hydroxyl groups excluding tert-OH is 2. The summed E-state index contributed by atoms with van der Waals surface area (Å²) < 4.78 is 8.93. The van der Waals surface area contributed by atoms with Crippen molar-refractivity contribution in [3.05, 3.63) is 0 Å². The van der Waals surface area contributed by atoms with Gasteiger partial charge in [-0.05, 0) is 6.42 Å². The molecule has 0 bridgehead atoms.